The van der Waals surface area contributed by atoms with Gasteiger partial charge >= 0.3 is 5.97 Å². The van der Waals surface area contributed by atoms with Crippen molar-refractivity contribution in [1.82, 2.24) is 19.9 Å². The Hall–Kier alpha value is -2.70. The second kappa shape index (κ2) is 5.83. The Morgan fingerprint density at radius 2 is 2.00 bits per heavy atom. The number of benzene rings is 1. The summed E-state index contributed by atoms with van der Waals surface area (Å²) in [6.07, 6.45) is 2.81. The van der Waals surface area contributed by atoms with Crippen LogP contribution in [0, 0.1) is 5.41 Å². The molecule has 7 nitrogen and oxygen atoms in total. The van der Waals surface area contributed by atoms with E-state index in [1.54, 1.807) is 18.0 Å². The summed E-state index contributed by atoms with van der Waals surface area (Å²) in [6.45, 7) is 2.41. The first-order valence-corrected chi connectivity index (χ1v) is 7.50. The molecule has 3 rings (SSSR count). The fourth-order valence-corrected chi connectivity index (χ4v) is 2.82. The number of para-hydroxylation sites is 1. The van der Waals surface area contributed by atoms with E-state index >= 15 is 0 Å². The van der Waals surface area contributed by atoms with E-state index < -0.39 is 11.4 Å². The third-order valence-electron chi connectivity index (χ3n) is 4.23. The Morgan fingerprint density at radius 1 is 1.26 bits per heavy atom. The minimum atomic E-state index is -0.899. The van der Waals surface area contributed by atoms with Crippen LogP contribution in [-0.2, 0) is 4.79 Å². The Morgan fingerprint density at radius 3 is 2.70 bits per heavy atom. The topological polar surface area (TPSA) is 88.3 Å². The lowest BCUT2D eigenvalue weighted by Gasteiger charge is -2.37. The standard InChI is InChI=1S/C16H18N4O3/c1-16(15(22)23)8-5-9-19(11-16)14(21)13-10-20(18-17-13)12-6-3-2-4-7-12/h2-4,6-7,10H,5,8-9,11H2,1H3,(H,22,23). The van der Waals surface area contributed by atoms with Crippen molar-refractivity contribution >= 4 is 11.9 Å². The molecule has 1 unspecified atom stereocenters. The van der Waals surface area contributed by atoms with Gasteiger partial charge in [0.25, 0.3) is 5.91 Å². The number of hydrogen-bond acceptors (Lipinski definition) is 4. The van der Waals surface area contributed by atoms with Gasteiger partial charge in [0.15, 0.2) is 5.69 Å². The molecule has 1 aliphatic heterocycles. The van der Waals surface area contributed by atoms with Gasteiger partial charge < -0.3 is 10.0 Å². The molecule has 0 radical (unpaired) electrons. The smallest absolute Gasteiger partial charge is 0.311 e. The van der Waals surface area contributed by atoms with Crippen LogP contribution in [0.3, 0.4) is 0 Å². The molecule has 1 saturated heterocycles. The summed E-state index contributed by atoms with van der Waals surface area (Å²) >= 11 is 0. The second-order valence-corrected chi connectivity index (χ2v) is 6.08. The SMILES string of the molecule is CC1(C(=O)O)CCCN(C(=O)c2cn(-c3ccccc3)nn2)C1. The summed E-state index contributed by atoms with van der Waals surface area (Å²) in [5.74, 6) is -1.15. The highest BCUT2D eigenvalue weighted by Crippen LogP contribution is 2.30. The maximum Gasteiger partial charge on any atom is 0.311 e. The van der Waals surface area contributed by atoms with Gasteiger partial charge in [-0.3, -0.25) is 9.59 Å². The summed E-state index contributed by atoms with van der Waals surface area (Å²) in [5, 5.41) is 17.3. The number of carbonyl (C=O) groups excluding carboxylic acids is 1. The normalized spacial score (nSPS) is 21.2. The summed E-state index contributed by atoms with van der Waals surface area (Å²) < 4.78 is 1.54. The molecule has 1 aromatic carbocycles. The quantitative estimate of drug-likeness (QED) is 0.929. The molecule has 1 aromatic heterocycles. The first kappa shape index (κ1) is 15.2. The predicted molar refractivity (Wildman–Crippen MR) is 82.2 cm³/mol. The monoisotopic (exact) mass is 314 g/mol. The van der Waals surface area contributed by atoms with Crippen molar-refractivity contribution in [2.45, 2.75) is 19.8 Å². The van der Waals surface area contributed by atoms with Crippen LogP contribution >= 0.6 is 0 Å². The first-order chi connectivity index (χ1) is 11.0. The zero-order valence-corrected chi connectivity index (χ0v) is 12.8. The van der Waals surface area contributed by atoms with Crippen LogP contribution in [0.1, 0.15) is 30.3 Å². The van der Waals surface area contributed by atoms with Crippen LogP contribution in [0.4, 0.5) is 0 Å². The molecule has 0 bridgehead atoms. The van der Waals surface area contributed by atoms with Crippen molar-refractivity contribution in [2.75, 3.05) is 13.1 Å². The Bertz CT molecular complexity index is 728. The number of nitrogens with zero attached hydrogens (tertiary/aromatic N) is 4. The number of carboxylic acids is 1. The van der Waals surface area contributed by atoms with Crippen LogP contribution in [-0.4, -0.2) is 50.0 Å². The Balaban J connectivity index is 1.79. The Kier molecular flexibility index (Phi) is 3.85. The van der Waals surface area contributed by atoms with Crippen LogP contribution in [0.2, 0.25) is 0 Å². The van der Waals surface area contributed by atoms with Gasteiger partial charge in [0.1, 0.15) is 0 Å². The minimum absolute atomic E-state index is 0.194. The van der Waals surface area contributed by atoms with Gasteiger partial charge in [-0.1, -0.05) is 23.4 Å². The average molecular weight is 314 g/mol. The lowest BCUT2D eigenvalue weighted by atomic mass is 9.82. The van der Waals surface area contributed by atoms with E-state index in [0.717, 1.165) is 5.69 Å². The van der Waals surface area contributed by atoms with Gasteiger partial charge in [-0.15, -0.1) is 5.10 Å². The highest BCUT2D eigenvalue weighted by Gasteiger charge is 2.40. The number of carbonyl (C=O) groups is 2. The van der Waals surface area contributed by atoms with Crippen molar-refractivity contribution in [3.05, 3.63) is 42.2 Å². The van der Waals surface area contributed by atoms with Gasteiger partial charge in [0, 0.05) is 13.1 Å². The van der Waals surface area contributed by atoms with E-state index in [-0.39, 0.29) is 18.1 Å². The van der Waals surface area contributed by atoms with E-state index in [2.05, 4.69) is 10.3 Å². The van der Waals surface area contributed by atoms with Crippen molar-refractivity contribution < 1.29 is 14.7 Å². The third-order valence-corrected chi connectivity index (χ3v) is 4.23. The molecule has 23 heavy (non-hydrogen) atoms. The molecule has 0 spiro atoms. The summed E-state index contributed by atoms with van der Waals surface area (Å²) in [7, 11) is 0. The van der Waals surface area contributed by atoms with Gasteiger partial charge in [-0.25, -0.2) is 4.68 Å². The van der Waals surface area contributed by atoms with Crippen molar-refractivity contribution in [2.24, 2.45) is 5.41 Å². The first-order valence-electron chi connectivity index (χ1n) is 7.50. The van der Waals surface area contributed by atoms with E-state index in [1.807, 2.05) is 30.3 Å². The molecule has 1 aliphatic rings. The molecule has 1 fully saturated rings. The highest BCUT2D eigenvalue weighted by molar-refractivity contribution is 5.92. The van der Waals surface area contributed by atoms with Gasteiger partial charge in [0.05, 0.1) is 17.3 Å². The molecule has 2 heterocycles. The molecule has 2 aromatic rings. The molecular formula is C16H18N4O3. The lowest BCUT2D eigenvalue weighted by molar-refractivity contribution is -0.150. The summed E-state index contributed by atoms with van der Waals surface area (Å²) in [5.41, 5.74) is 0.139. The van der Waals surface area contributed by atoms with Gasteiger partial charge in [0.2, 0.25) is 0 Å². The predicted octanol–water partition coefficient (Wildman–Crippen LogP) is 1.59. The number of likely N-dealkylation sites (tertiary alicyclic amines) is 1. The number of hydrogen-bond donors (Lipinski definition) is 1. The molecule has 1 N–H and O–H groups in total. The molecule has 7 heteroatoms. The third kappa shape index (κ3) is 2.94. The number of rotatable bonds is 3. The molecule has 1 atom stereocenters. The Labute approximate surface area is 133 Å². The van der Waals surface area contributed by atoms with Crippen LogP contribution in [0.15, 0.2) is 36.5 Å². The number of piperidine rings is 1. The van der Waals surface area contributed by atoms with Crippen molar-refractivity contribution in [3.8, 4) is 5.69 Å². The van der Waals surface area contributed by atoms with E-state index in [9.17, 15) is 14.7 Å². The minimum Gasteiger partial charge on any atom is -0.481 e. The summed E-state index contributed by atoms with van der Waals surface area (Å²) in [6, 6.07) is 9.38. The number of carboxylic acid groups (broad SMARTS) is 1. The van der Waals surface area contributed by atoms with Crippen LogP contribution < -0.4 is 0 Å². The van der Waals surface area contributed by atoms with Gasteiger partial charge in [-0.2, -0.15) is 0 Å². The largest absolute Gasteiger partial charge is 0.481 e. The fraction of sp³-hybridized carbons (Fsp3) is 0.375. The maximum atomic E-state index is 12.6. The molecule has 0 aliphatic carbocycles. The number of aromatic nitrogens is 3. The second-order valence-electron chi connectivity index (χ2n) is 6.08. The van der Waals surface area contributed by atoms with Gasteiger partial charge in [-0.05, 0) is 31.9 Å². The number of amides is 1. The van der Waals surface area contributed by atoms with E-state index in [0.29, 0.717) is 19.4 Å². The van der Waals surface area contributed by atoms with E-state index in [4.69, 9.17) is 0 Å². The van der Waals surface area contributed by atoms with Crippen LogP contribution in [0.5, 0.6) is 0 Å². The molecular weight excluding hydrogens is 296 g/mol. The fourth-order valence-electron chi connectivity index (χ4n) is 2.82. The lowest BCUT2D eigenvalue weighted by Crippen LogP contribution is -2.48. The average Bonchev–Trinajstić information content (AvgIpc) is 3.05. The number of aliphatic carboxylic acids is 1. The summed E-state index contributed by atoms with van der Waals surface area (Å²) in [4.78, 5) is 25.5. The molecule has 120 valence electrons. The molecule has 0 saturated carbocycles. The highest BCUT2D eigenvalue weighted by atomic mass is 16.4. The maximum absolute atomic E-state index is 12.6. The van der Waals surface area contributed by atoms with Crippen molar-refractivity contribution in [1.29, 1.82) is 0 Å². The van der Waals surface area contributed by atoms with E-state index in [1.165, 1.54) is 4.68 Å². The van der Waals surface area contributed by atoms with Crippen molar-refractivity contribution in [3.63, 3.8) is 0 Å². The molecule has 1 amide bonds. The zero-order valence-electron chi connectivity index (χ0n) is 12.8. The zero-order chi connectivity index (χ0) is 16.4. The van der Waals surface area contributed by atoms with Crippen LogP contribution in [0.25, 0.3) is 5.69 Å².